The number of nitrogens with two attached hydrogens (primary N) is 1. The first-order valence-corrected chi connectivity index (χ1v) is 5.93. The van der Waals surface area contributed by atoms with Gasteiger partial charge >= 0.3 is 0 Å². The zero-order valence-electron chi connectivity index (χ0n) is 9.83. The molecule has 0 radical (unpaired) electrons. The monoisotopic (exact) mass is 220 g/mol. The van der Waals surface area contributed by atoms with Crippen LogP contribution in [0.2, 0.25) is 0 Å². The minimum absolute atomic E-state index is 0.730. The zero-order chi connectivity index (χ0) is 11.4. The Labute approximate surface area is 97.0 Å². The lowest BCUT2D eigenvalue weighted by molar-refractivity contribution is 0.185. The molecule has 16 heavy (non-hydrogen) atoms. The molecule has 3 N–H and O–H groups in total. The molecule has 0 saturated carbocycles. The van der Waals surface area contributed by atoms with Crippen molar-refractivity contribution in [2.24, 2.45) is 5.92 Å². The Hall–Kier alpha value is -1.22. The lowest BCUT2D eigenvalue weighted by atomic mass is 10.1. The summed E-state index contributed by atoms with van der Waals surface area (Å²) in [6.45, 7) is 4.96. The molecule has 0 bridgehead atoms. The molecule has 1 unspecified atom stereocenters. The molecule has 0 spiro atoms. The van der Waals surface area contributed by atoms with Gasteiger partial charge in [-0.3, -0.25) is 0 Å². The van der Waals surface area contributed by atoms with Crippen molar-refractivity contribution in [3.05, 3.63) is 23.8 Å². The van der Waals surface area contributed by atoms with E-state index in [9.17, 15) is 0 Å². The van der Waals surface area contributed by atoms with Gasteiger partial charge in [0.25, 0.3) is 0 Å². The lowest BCUT2D eigenvalue weighted by Crippen LogP contribution is -2.09. The number of hydrogen-bond donors (Lipinski definition) is 2. The van der Waals surface area contributed by atoms with E-state index in [1.165, 1.54) is 18.4 Å². The highest BCUT2D eigenvalue weighted by molar-refractivity contribution is 5.59. The van der Waals surface area contributed by atoms with Gasteiger partial charge in [0.1, 0.15) is 0 Å². The maximum Gasteiger partial charge on any atom is 0.0495 e. The molecule has 3 nitrogen and oxygen atoms in total. The van der Waals surface area contributed by atoms with Crippen molar-refractivity contribution in [1.82, 2.24) is 0 Å². The summed E-state index contributed by atoms with van der Waals surface area (Å²) >= 11 is 0. The second-order valence-electron chi connectivity index (χ2n) is 4.52. The number of rotatable bonds is 4. The topological polar surface area (TPSA) is 47.3 Å². The van der Waals surface area contributed by atoms with Crippen LogP contribution in [0.1, 0.15) is 18.4 Å². The molecule has 1 aromatic rings. The number of anilines is 2. The van der Waals surface area contributed by atoms with Crippen molar-refractivity contribution in [3.63, 3.8) is 0 Å². The molecule has 3 heteroatoms. The molecule has 0 aromatic heterocycles. The Kier molecular flexibility index (Phi) is 3.67. The van der Waals surface area contributed by atoms with Gasteiger partial charge in [0, 0.05) is 31.1 Å². The van der Waals surface area contributed by atoms with Gasteiger partial charge in [-0.25, -0.2) is 0 Å². The van der Waals surface area contributed by atoms with Gasteiger partial charge in [0.15, 0.2) is 0 Å². The number of aryl methyl sites for hydroxylation is 1. The Bertz CT molecular complexity index is 346. The van der Waals surface area contributed by atoms with Crippen LogP contribution in [-0.4, -0.2) is 19.8 Å². The average molecular weight is 220 g/mol. The van der Waals surface area contributed by atoms with E-state index in [0.717, 1.165) is 37.1 Å². The molecule has 1 aliphatic heterocycles. The third-order valence-corrected chi connectivity index (χ3v) is 3.15. The first-order chi connectivity index (χ1) is 7.75. The smallest absolute Gasteiger partial charge is 0.0495 e. The molecule has 1 heterocycles. The molecule has 1 aromatic carbocycles. The summed E-state index contributed by atoms with van der Waals surface area (Å²) < 4.78 is 5.35. The summed E-state index contributed by atoms with van der Waals surface area (Å²) in [5.41, 5.74) is 8.98. The quantitative estimate of drug-likeness (QED) is 0.766. The zero-order valence-corrected chi connectivity index (χ0v) is 9.83. The van der Waals surface area contributed by atoms with Gasteiger partial charge in [-0.05, 0) is 43.4 Å². The van der Waals surface area contributed by atoms with Gasteiger partial charge in [-0.15, -0.1) is 0 Å². The van der Waals surface area contributed by atoms with Crippen LogP contribution < -0.4 is 11.1 Å². The predicted molar refractivity (Wildman–Crippen MR) is 67.6 cm³/mol. The number of ether oxygens (including phenoxy) is 1. The molecule has 88 valence electrons. The van der Waals surface area contributed by atoms with Gasteiger partial charge in [0.2, 0.25) is 0 Å². The fourth-order valence-corrected chi connectivity index (χ4v) is 2.05. The van der Waals surface area contributed by atoms with Crippen molar-refractivity contribution in [2.45, 2.75) is 19.8 Å². The first kappa shape index (κ1) is 11.3. The summed E-state index contributed by atoms with van der Waals surface area (Å²) in [7, 11) is 0. The third kappa shape index (κ3) is 2.89. The Morgan fingerprint density at radius 1 is 1.50 bits per heavy atom. The maximum atomic E-state index is 5.76. The minimum Gasteiger partial charge on any atom is -0.399 e. The summed E-state index contributed by atoms with van der Waals surface area (Å²) in [4.78, 5) is 0. The van der Waals surface area contributed by atoms with E-state index >= 15 is 0 Å². The molecule has 1 saturated heterocycles. The third-order valence-electron chi connectivity index (χ3n) is 3.15. The van der Waals surface area contributed by atoms with E-state index < -0.39 is 0 Å². The molecule has 2 rings (SSSR count). The average Bonchev–Trinajstić information content (AvgIpc) is 2.76. The van der Waals surface area contributed by atoms with Crippen LogP contribution in [0.25, 0.3) is 0 Å². The number of nitrogens with one attached hydrogen (secondary N) is 1. The van der Waals surface area contributed by atoms with Crippen molar-refractivity contribution in [2.75, 3.05) is 30.8 Å². The van der Waals surface area contributed by atoms with E-state index in [1.54, 1.807) is 0 Å². The Morgan fingerprint density at radius 3 is 3.12 bits per heavy atom. The lowest BCUT2D eigenvalue weighted by Gasteiger charge is -2.12. The molecule has 0 amide bonds. The van der Waals surface area contributed by atoms with Gasteiger partial charge in [0.05, 0.1) is 0 Å². The van der Waals surface area contributed by atoms with Crippen molar-refractivity contribution < 1.29 is 4.74 Å². The SMILES string of the molecule is Cc1ccc(N)cc1NCCC1CCOC1. The summed E-state index contributed by atoms with van der Waals surface area (Å²) in [6.07, 6.45) is 2.38. The van der Waals surface area contributed by atoms with Gasteiger partial charge < -0.3 is 15.8 Å². The number of nitrogen functional groups attached to an aromatic ring is 1. The molecule has 1 atom stereocenters. The van der Waals surface area contributed by atoms with Crippen LogP contribution in [-0.2, 0) is 4.74 Å². The summed E-state index contributed by atoms with van der Waals surface area (Å²) in [5.74, 6) is 0.730. The van der Waals surface area contributed by atoms with E-state index in [0.29, 0.717) is 0 Å². The highest BCUT2D eigenvalue weighted by atomic mass is 16.5. The number of benzene rings is 1. The normalized spacial score (nSPS) is 19.9. The Morgan fingerprint density at radius 2 is 2.38 bits per heavy atom. The molecule has 1 fully saturated rings. The van der Waals surface area contributed by atoms with Crippen LogP contribution in [0.5, 0.6) is 0 Å². The second-order valence-corrected chi connectivity index (χ2v) is 4.52. The molecule has 1 aliphatic rings. The maximum absolute atomic E-state index is 5.76. The Balaban J connectivity index is 1.82. The summed E-state index contributed by atoms with van der Waals surface area (Å²) in [5, 5.41) is 3.45. The van der Waals surface area contributed by atoms with Crippen molar-refractivity contribution in [1.29, 1.82) is 0 Å². The summed E-state index contributed by atoms with van der Waals surface area (Å²) in [6, 6.07) is 5.99. The van der Waals surface area contributed by atoms with Crippen LogP contribution in [0.4, 0.5) is 11.4 Å². The van der Waals surface area contributed by atoms with Crippen LogP contribution in [0.3, 0.4) is 0 Å². The van der Waals surface area contributed by atoms with Crippen molar-refractivity contribution >= 4 is 11.4 Å². The molecular formula is C13H20N2O. The van der Waals surface area contributed by atoms with Crippen LogP contribution >= 0.6 is 0 Å². The van der Waals surface area contributed by atoms with Crippen LogP contribution in [0, 0.1) is 12.8 Å². The van der Waals surface area contributed by atoms with Crippen LogP contribution in [0.15, 0.2) is 18.2 Å². The van der Waals surface area contributed by atoms with E-state index in [2.05, 4.69) is 18.3 Å². The largest absolute Gasteiger partial charge is 0.399 e. The minimum atomic E-state index is 0.730. The highest BCUT2D eigenvalue weighted by Gasteiger charge is 2.14. The molecule has 0 aliphatic carbocycles. The van der Waals surface area contributed by atoms with E-state index in [1.807, 2.05) is 12.1 Å². The first-order valence-electron chi connectivity index (χ1n) is 5.93. The van der Waals surface area contributed by atoms with E-state index in [4.69, 9.17) is 10.5 Å². The van der Waals surface area contributed by atoms with E-state index in [-0.39, 0.29) is 0 Å². The molecular weight excluding hydrogens is 200 g/mol. The second kappa shape index (κ2) is 5.21. The van der Waals surface area contributed by atoms with Crippen molar-refractivity contribution in [3.8, 4) is 0 Å². The fourth-order valence-electron chi connectivity index (χ4n) is 2.05. The number of hydrogen-bond acceptors (Lipinski definition) is 3. The standard InChI is InChI=1S/C13H20N2O/c1-10-2-3-12(14)8-13(10)15-6-4-11-5-7-16-9-11/h2-3,8,11,15H,4-7,9,14H2,1H3. The fraction of sp³-hybridized carbons (Fsp3) is 0.538. The highest BCUT2D eigenvalue weighted by Crippen LogP contribution is 2.20. The predicted octanol–water partition coefficient (Wildman–Crippen LogP) is 2.42. The van der Waals surface area contributed by atoms with Gasteiger partial charge in [-0.2, -0.15) is 0 Å². The van der Waals surface area contributed by atoms with Gasteiger partial charge in [-0.1, -0.05) is 6.07 Å².